The van der Waals surface area contributed by atoms with Gasteiger partial charge in [-0.25, -0.2) is 9.59 Å². The van der Waals surface area contributed by atoms with Gasteiger partial charge in [-0.05, 0) is 37.6 Å². The molecule has 0 radical (unpaired) electrons. The molecule has 1 aromatic carbocycles. The molecule has 3 amide bonds. The molecular formula is C14H17N3O4. The molecule has 0 fully saturated rings. The molecule has 0 atom stereocenters. The summed E-state index contributed by atoms with van der Waals surface area (Å²) in [5, 5.41) is 13.5. The topological polar surface area (TPSA) is 122 Å². The predicted octanol–water partition coefficient (Wildman–Crippen LogP) is 1.17. The van der Waals surface area contributed by atoms with Gasteiger partial charge in [-0.3, -0.25) is 4.79 Å². The Morgan fingerprint density at radius 3 is 2.52 bits per heavy atom. The quantitative estimate of drug-likeness (QED) is 0.608. The monoisotopic (exact) mass is 291 g/mol. The van der Waals surface area contributed by atoms with E-state index in [4.69, 9.17) is 10.8 Å². The van der Waals surface area contributed by atoms with Crippen LogP contribution in [0.5, 0.6) is 0 Å². The van der Waals surface area contributed by atoms with Gasteiger partial charge in [0.15, 0.2) is 0 Å². The first-order valence-corrected chi connectivity index (χ1v) is 6.11. The number of hydrogen-bond donors (Lipinski definition) is 4. The molecule has 5 N–H and O–H groups in total. The molecule has 0 aliphatic heterocycles. The van der Waals surface area contributed by atoms with E-state index in [0.717, 1.165) is 6.08 Å². The van der Waals surface area contributed by atoms with Crippen LogP contribution in [0.15, 0.2) is 30.3 Å². The van der Waals surface area contributed by atoms with E-state index in [1.807, 2.05) is 0 Å². The normalized spacial score (nSPS) is 11.1. The number of amides is 3. The second kappa shape index (κ2) is 6.56. The molecule has 0 aliphatic rings. The molecule has 0 unspecified atom stereocenters. The highest BCUT2D eigenvalue weighted by molar-refractivity contribution is 5.95. The van der Waals surface area contributed by atoms with Crippen LogP contribution in [0.3, 0.4) is 0 Å². The lowest BCUT2D eigenvalue weighted by Gasteiger charge is -2.22. The first kappa shape index (κ1) is 16.2. The number of rotatable bonds is 5. The van der Waals surface area contributed by atoms with Gasteiger partial charge < -0.3 is 21.5 Å². The highest BCUT2D eigenvalue weighted by atomic mass is 16.4. The first-order chi connectivity index (χ1) is 9.70. The number of nitrogens with two attached hydrogens (primary N) is 1. The summed E-state index contributed by atoms with van der Waals surface area (Å²) in [5.74, 6) is -1.72. The van der Waals surface area contributed by atoms with Gasteiger partial charge in [0.05, 0.1) is 0 Å². The minimum Gasteiger partial charge on any atom is -0.478 e. The van der Waals surface area contributed by atoms with E-state index in [9.17, 15) is 14.4 Å². The van der Waals surface area contributed by atoms with Gasteiger partial charge in [-0.1, -0.05) is 12.1 Å². The van der Waals surface area contributed by atoms with E-state index in [1.165, 1.54) is 19.9 Å². The number of carbonyl (C=O) groups is 3. The largest absolute Gasteiger partial charge is 0.478 e. The molecule has 1 rings (SSSR count). The molecule has 21 heavy (non-hydrogen) atoms. The number of benzene rings is 1. The fourth-order valence-electron chi connectivity index (χ4n) is 1.40. The number of urea groups is 1. The van der Waals surface area contributed by atoms with Crippen LogP contribution < -0.4 is 16.4 Å². The molecule has 0 saturated carbocycles. The predicted molar refractivity (Wildman–Crippen MR) is 78.5 cm³/mol. The van der Waals surface area contributed by atoms with Crippen molar-refractivity contribution in [3.63, 3.8) is 0 Å². The Morgan fingerprint density at radius 2 is 1.95 bits per heavy atom. The van der Waals surface area contributed by atoms with Crippen LogP contribution in [0, 0.1) is 0 Å². The summed E-state index contributed by atoms with van der Waals surface area (Å²) in [6.45, 7) is 2.97. The van der Waals surface area contributed by atoms with Gasteiger partial charge in [0.2, 0.25) is 5.91 Å². The minimum atomic E-state index is -1.18. The van der Waals surface area contributed by atoms with E-state index >= 15 is 0 Å². The molecule has 0 bridgehead atoms. The zero-order valence-corrected chi connectivity index (χ0v) is 11.7. The van der Waals surface area contributed by atoms with Crippen LogP contribution in [0.25, 0.3) is 6.08 Å². The molecule has 0 spiro atoms. The van der Waals surface area contributed by atoms with Crippen molar-refractivity contribution in [1.29, 1.82) is 0 Å². The molecular weight excluding hydrogens is 274 g/mol. The van der Waals surface area contributed by atoms with E-state index in [1.54, 1.807) is 24.3 Å². The number of aliphatic carboxylic acids is 1. The fourth-order valence-corrected chi connectivity index (χ4v) is 1.40. The van der Waals surface area contributed by atoms with Crippen molar-refractivity contribution in [2.24, 2.45) is 5.73 Å². The van der Waals surface area contributed by atoms with E-state index < -0.39 is 23.4 Å². The van der Waals surface area contributed by atoms with Crippen LogP contribution in [0.4, 0.5) is 10.5 Å². The third-order valence-electron chi connectivity index (χ3n) is 2.60. The van der Waals surface area contributed by atoms with Crippen molar-refractivity contribution >= 4 is 29.7 Å². The second-order valence-electron chi connectivity index (χ2n) is 4.87. The Morgan fingerprint density at radius 1 is 1.29 bits per heavy atom. The summed E-state index contributed by atoms with van der Waals surface area (Å²) in [7, 11) is 0. The first-order valence-electron chi connectivity index (χ1n) is 6.11. The number of anilines is 1. The third-order valence-corrected chi connectivity index (χ3v) is 2.60. The summed E-state index contributed by atoms with van der Waals surface area (Å²) in [5.41, 5.74) is 5.06. The van der Waals surface area contributed by atoms with Crippen molar-refractivity contribution in [3.05, 3.63) is 35.9 Å². The maximum atomic E-state index is 11.8. The molecule has 1 aromatic rings. The number of nitrogens with one attached hydrogen (secondary N) is 2. The molecule has 7 nitrogen and oxygen atoms in total. The summed E-state index contributed by atoms with van der Waals surface area (Å²) in [6, 6.07) is 6.00. The Bertz CT molecular complexity index is 594. The van der Waals surface area contributed by atoms with Crippen LogP contribution in [-0.2, 0) is 9.59 Å². The summed E-state index contributed by atoms with van der Waals surface area (Å²) < 4.78 is 0. The van der Waals surface area contributed by atoms with Gasteiger partial charge >= 0.3 is 12.0 Å². The molecule has 112 valence electrons. The Labute approximate surface area is 121 Å². The maximum absolute atomic E-state index is 11.8. The zero-order chi connectivity index (χ0) is 16.0. The van der Waals surface area contributed by atoms with Crippen molar-refractivity contribution in [3.8, 4) is 0 Å². The lowest BCUT2D eigenvalue weighted by atomic mass is 10.1. The summed E-state index contributed by atoms with van der Waals surface area (Å²) in [4.78, 5) is 33.3. The van der Waals surface area contributed by atoms with Crippen LogP contribution in [0.2, 0.25) is 0 Å². The van der Waals surface area contributed by atoms with E-state index in [2.05, 4.69) is 10.6 Å². The Hall–Kier alpha value is -2.83. The smallest absolute Gasteiger partial charge is 0.328 e. The van der Waals surface area contributed by atoms with Gasteiger partial charge in [0, 0.05) is 11.8 Å². The van der Waals surface area contributed by atoms with Gasteiger partial charge in [0.25, 0.3) is 0 Å². The molecule has 0 aromatic heterocycles. The Balaban J connectivity index is 2.75. The maximum Gasteiger partial charge on any atom is 0.328 e. The standard InChI is InChI=1S/C14H17N3O4/c1-14(2,12(15)20)17-13(21)16-10-5-3-4-9(8-10)6-7-11(18)19/h3-8H,1-2H3,(H2,15,20)(H,18,19)(H2,16,17,21)/b7-6+. The lowest BCUT2D eigenvalue weighted by molar-refractivity contribution is -0.131. The van der Waals surface area contributed by atoms with Crippen LogP contribution in [-0.4, -0.2) is 28.6 Å². The number of carboxylic acids is 1. The minimum absolute atomic E-state index is 0.459. The van der Waals surface area contributed by atoms with Gasteiger partial charge in [0.1, 0.15) is 5.54 Å². The second-order valence-corrected chi connectivity index (χ2v) is 4.87. The van der Waals surface area contributed by atoms with E-state index in [-0.39, 0.29) is 0 Å². The zero-order valence-electron chi connectivity index (χ0n) is 11.7. The highest BCUT2D eigenvalue weighted by Gasteiger charge is 2.26. The lowest BCUT2D eigenvalue weighted by Crippen LogP contribution is -2.54. The van der Waals surface area contributed by atoms with Crippen LogP contribution >= 0.6 is 0 Å². The highest BCUT2D eigenvalue weighted by Crippen LogP contribution is 2.12. The Kier molecular flexibility index (Phi) is 5.06. The van der Waals surface area contributed by atoms with E-state index in [0.29, 0.717) is 11.3 Å². The number of carboxylic acid groups (broad SMARTS) is 1. The van der Waals surface area contributed by atoms with Gasteiger partial charge in [-0.15, -0.1) is 0 Å². The number of primary amides is 1. The van der Waals surface area contributed by atoms with Crippen molar-refractivity contribution in [1.82, 2.24) is 5.32 Å². The fraction of sp³-hybridized carbons (Fsp3) is 0.214. The SMILES string of the molecule is CC(C)(NC(=O)Nc1cccc(/C=C/C(=O)O)c1)C(N)=O. The number of hydrogen-bond acceptors (Lipinski definition) is 3. The molecule has 0 aliphatic carbocycles. The van der Waals surface area contributed by atoms with Crippen molar-refractivity contribution in [2.45, 2.75) is 19.4 Å². The third kappa shape index (κ3) is 5.35. The van der Waals surface area contributed by atoms with Crippen molar-refractivity contribution < 1.29 is 19.5 Å². The number of carbonyl (C=O) groups excluding carboxylic acids is 2. The average molecular weight is 291 g/mol. The summed E-state index contributed by atoms with van der Waals surface area (Å²) in [6.07, 6.45) is 2.40. The van der Waals surface area contributed by atoms with Crippen LogP contribution in [0.1, 0.15) is 19.4 Å². The van der Waals surface area contributed by atoms with Crippen molar-refractivity contribution in [2.75, 3.05) is 5.32 Å². The molecule has 7 heteroatoms. The average Bonchev–Trinajstić information content (AvgIpc) is 2.35. The molecule has 0 saturated heterocycles. The van der Waals surface area contributed by atoms with Gasteiger partial charge in [-0.2, -0.15) is 0 Å². The summed E-state index contributed by atoms with van der Waals surface area (Å²) >= 11 is 0. The molecule has 0 heterocycles.